The molecule has 0 rings (SSSR count). The van der Waals surface area contributed by atoms with Crippen molar-refractivity contribution in [2.24, 2.45) is 0 Å². The lowest BCUT2D eigenvalue weighted by molar-refractivity contribution is -0.123. The third kappa shape index (κ3) is 54.6. The van der Waals surface area contributed by atoms with E-state index in [1.807, 2.05) is 6.08 Å². The molecule has 4 nitrogen and oxygen atoms in total. The average Bonchev–Trinajstić information content (AvgIpc) is 3.33. The van der Waals surface area contributed by atoms with Gasteiger partial charge in [0.05, 0.1) is 18.8 Å². The number of hydrogen-bond donors (Lipinski definition) is 3. The highest BCUT2D eigenvalue weighted by molar-refractivity contribution is 5.76. The lowest BCUT2D eigenvalue weighted by Crippen LogP contribution is -2.45. The summed E-state index contributed by atoms with van der Waals surface area (Å²) >= 11 is 0. The van der Waals surface area contributed by atoms with Gasteiger partial charge in [0, 0.05) is 6.42 Å². The molecule has 0 aromatic heterocycles. The molecule has 67 heavy (non-hydrogen) atoms. The van der Waals surface area contributed by atoms with E-state index < -0.39 is 12.1 Å². The van der Waals surface area contributed by atoms with E-state index >= 15 is 0 Å². The van der Waals surface area contributed by atoms with Gasteiger partial charge in [-0.1, -0.05) is 305 Å². The summed E-state index contributed by atoms with van der Waals surface area (Å²) < 4.78 is 0. The summed E-state index contributed by atoms with van der Waals surface area (Å²) in [6.45, 7) is 4.22. The molecular formula is C63H115NO3. The molecule has 0 aliphatic rings. The average molecular weight is 935 g/mol. The zero-order valence-electron chi connectivity index (χ0n) is 44.9. The third-order valence-corrected chi connectivity index (χ3v) is 13.4. The molecule has 0 radical (unpaired) electrons. The first-order valence-electron chi connectivity index (χ1n) is 29.7. The molecule has 0 aliphatic heterocycles. The molecule has 0 heterocycles. The highest BCUT2D eigenvalue weighted by Crippen LogP contribution is 2.17. The first-order chi connectivity index (χ1) is 33.2. The Kier molecular flexibility index (Phi) is 56.3. The summed E-state index contributed by atoms with van der Waals surface area (Å²) in [6, 6.07) is -0.627. The van der Waals surface area contributed by atoms with Crippen LogP contribution in [-0.2, 0) is 4.79 Å². The molecule has 0 aromatic rings. The Hall–Kier alpha value is -2.17. The minimum absolute atomic E-state index is 0.0642. The lowest BCUT2D eigenvalue weighted by atomic mass is 10.0. The second-order valence-electron chi connectivity index (χ2n) is 20.0. The molecule has 2 atom stereocenters. The van der Waals surface area contributed by atoms with Crippen LogP contribution in [0.1, 0.15) is 303 Å². The Balaban J connectivity index is 3.50. The highest BCUT2D eigenvalue weighted by Gasteiger charge is 2.18. The monoisotopic (exact) mass is 934 g/mol. The zero-order valence-corrected chi connectivity index (χ0v) is 44.9. The maximum Gasteiger partial charge on any atom is 0.220 e. The number of rotatable bonds is 54. The summed E-state index contributed by atoms with van der Waals surface area (Å²) in [6.07, 6.45) is 83.6. The summed E-state index contributed by atoms with van der Waals surface area (Å²) in [4.78, 5) is 12.5. The van der Waals surface area contributed by atoms with E-state index in [2.05, 4.69) is 79.9 Å². The van der Waals surface area contributed by atoms with Crippen LogP contribution in [0, 0.1) is 0 Å². The van der Waals surface area contributed by atoms with E-state index in [9.17, 15) is 15.0 Å². The van der Waals surface area contributed by atoms with Crippen molar-refractivity contribution in [1.29, 1.82) is 0 Å². The van der Waals surface area contributed by atoms with Crippen molar-refractivity contribution >= 4 is 5.91 Å². The number of aliphatic hydroxyl groups is 2. The molecule has 2 unspecified atom stereocenters. The largest absolute Gasteiger partial charge is 0.394 e. The van der Waals surface area contributed by atoms with Crippen LogP contribution in [0.5, 0.6) is 0 Å². The maximum absolute atomic E-state index is 12.5. The van der Waals surface area contributed by atoms with Crippen LogP contribution in [0.4, 0.5) is 0 Å². The molecule has 0 spiro atoms. The van der Waals surface area contributed by atoms with Gasteiger partial charge >= 0.3 is 0 Å². The summed E-state index contributed by atoms with van der Waals surface area (Å²) in [5.41, 5.74) is 0. The lowest BCUT2D eigenvalue weighted by Gasteiger charge is -2.20. The van der Waals surface area contributed by atoms with Gasteiger partial charge in [-0.25, -0.2) is 0 Å². The normalized spacial score (nSPS) is 13.3. The predicted molar refractivity (Wildman–Crippen MR) is 299 cm³/mol. The van der Waals surface area contributed by atoms with Crippen LogP contribution >= 0.6 is 0 Å². The van der Waals surface area contributed by atoms with Crippen molar-refractivity contribution in [1.82, 2.24) is 5.32 Å². The third-order valence-electron chi connectivity index (χ3n) is 13.4. The zero-order chi connectivity index (χ0) is 48.5. The highest BCUT2D eigenvalue weighted by atomic mass is 16.3. The van der Waals surface area contributed by atoms with Crippen molar-refractivity contribution in [2.75, 3.05) is 6.61 Å². The second kappa shape index (κ2) is 58.1. The van der Waals surface area contributed by atoms with Crippen LogP contribution in [0.25, 0.3) is 0 Å². The van der Waals surface area contributed by atoms with E-state index in [0.29, 0.717) is 6.42 Å². The van der Waals surface area contributed by atoms with Gasteiger partial charge in [-0.05, 0) is 64.2 Å². The molecule has 0 saturated heterocycles. The van der Waals surface area contributed by atoms with Gasteiger partial charge in [-0.15, -0.1) is 0 Å². The number of allylic oxidation sites excluding steroid dienone is 11. The number of amides is 1. The van der Waals surface area contributed by atoms with Gasteiger partial charge in [-0.3, -0.25) is 4.79 Å². The van der Waals surface area contributed by atoms with E-state index in [-0.39, 0.29) is 12.5 Å². The van der Waals surface area contributed by atoms with E-state index in [1.54, 1.807) is 6.08 Å². The summed E-state index contributed by atoms with van der Waals surface area (Å²) in [5.74, 6) is -0.0642. The Morgan fingerprint density at radius 3 is 0.985 bits per heavy atom. The Morgan fingerprint density at radius 1 is 0.373 bits per heavy atom. The molecule has 0 aromatic carbocycles. The fraction of sp³-hybridized carbons (Fsp3) is 0.794. The van der Waals surface area contributed by atoms with E-state index in [1.165, 1.54) is 225 Å². The number of carbonyl (C=O) groups is 1. The minimum Gasteiger partial charge on any atom is -0.394 e. The van der Waals surface area contributed by atoms with Crippen molar-refractivity contribution < 1.29 is 15.0 Å². The maximum atomic E-state index is 12.5. The van der Waals surface area contributed by atoms with Gasteiger partial charge in [0.15, 0.2) is 0 Å². The molecule has 1 amide bonds. The molecule has 390 valence electrons. The number of carbonyl (C=O) groups excluding carboxylic acids is 1. The molecule has 0 fully saturated rings. The summed E-state index contributed by atoms with van der Waals surface area (Å²) in [5, 5.41) is 23.2. The molecule has 0 bridgehead atoms. The van der Waals surface area contributed by atoms with Crippen LogP contribution in [-0.4, -0.2) is 34.9 Å². The molecular weight excluding hydrogens is 819 g/mol. The topological polar surface area (TPSA) is 69.6 Å². The SMILES string of the molecule is CC/C=C\C/C=C\C/C=C\C/C=C\C/C=C\CCCCCCCCCCCCCCCC(=O)NC(CO)C(O)/C=C/CCCCCCCCCCCCCCCCCCCCCCCCCC. The van der Waals surface area contributed by atoms with Gasteiger partial charge < -0.3 is 15.5 Å². The van der Waals surface area contributed by atoms with E-state index in [0.717, 1.165) is 57.8 Å². The first kappa shape index (κ1) is 64.8. The van der Waals surface area contributed by atoms with Crippen molar-refractivity contribution in [3.8, 4) is 0 Å². The smallest absolute Gasteiger partial charge is 0.220 e. The fourth-order valence-corrected chi connectivity index (χ4v) is 8.97. The fourth-order valence-electron chi connectivity index (χ4n) is 8.97. The van der Waals surface area contributed by atoms with Crippen LogP contribution < -0.4 is 5.32 Å². The van der Waals surface area contributed by atoms with E-state index in [4.69, 9.17) is 0 Å². The molecule has 0 aliphatic carbocycles. The van der Waals surface area contributed by atoms with Crippen molar-refractivity contribution in [3.63, 3.8) is 0 Å². The predicted octanol–water partition coefficient (Wildman–Crippen LogP) is 19.8. The van der Waals surface area contributed by atoms with Crippen LogP contribution in [0.15, 0.2) is 72.9 Å². The summed E-state index contributed by atoms with van der Waals surface area (Å²) in [7, 11) is 0. The van der Waals surface area contributed by atoms with Crippen LogP contribution in [0.3, 0.4) is 0 Å². The Morgan fingerprint density at radius 2 is 0.657 bits per heavy atom. The van der Waals surface area contributed by atoms with Crippen molar-refractivity contribution in [3.05, 3.63) is 72.9 Å². The van der Waals surface area contributed by atoms with Gasteiger partial charge in [-0.2, -0.15) is 0 Å². The molecule has 4 heteroatoms. The molecule has 3 N–H and O–H groups in total. The van der Waals surface area contributed by atoms with Crippen LogP contribution in [0.2, 0.25) is 0 Å². The number of unbranched alkanes of at least 4 members (excludes halogenated alkanes) is 37. The quantitative estimate of drug-likeness (QED) is 0.0420. The second-order valence-corrected chi connectivity index (χ2v) is 20.0. The number of aliphatic hydroxyl groups excluding tert-OH is 2. The van der Waals surface area contributed by atoms with Gasteiger partial charge in [0.2, 0.25) is 5.91 Å². The van der Waals surface area contributed by atoms with Gasteiger partial charge in [0.1, 0.15) is 0 Å². The molecule has 0 saturated carbocycles. The number of hydrogen-bond acceptors (Lipinski definition) is 3. The standard InChI is InChI=1S/C63H115NO3/c1-3-5-7-9-11-13-15-17-19-21-23-25-27-29-31-32-33-35-37-39-41-43-45-47-49-51-53-55-57-59-63(67)64-61(60-65)62(66)58-56-54-52-50-48-46-44-42-40-38-36-34-30-28-26-24-22-20-18-16-14-12-10-8-6-4-2/h5,7,11,13,17,19,23,25,29,31,56,58,61-62,65-66H,3-4,6,8-10,12,14-16,18,20-22,24,26-28,30,32-55,57,59-60H2,1-2H3,(H,64,67)/b7-5-,13-11-,19-17-,25-23-,31-29-,58-56+. The minimum atomic E-state index is -0.844. The Bertz CT molecular complexity index is 1150. The first-order valence-corrected chi connectivity index (χ1v) is 29.7. The van der Waals surface area contributed by atoms with Gasteiger partial charge in [0.25, 0.3) is 0 Å². The number of nitrogens with one attached hydrogen (secondary N) is 1. The van der Waals surface area contributed by atoms with Crippen molar-refractivity contribution in [2.45, 2.75) is 315 Å². The Labute approximate surface area is 419 Å².